The Morgan fingerprint density at radius 2 is 2.50 bits per heavy atom. The van der Waals surface area contributed by atoms with E-state index in [2.05, 4.69) is 5.32 Å². The second-order valence-corrected chi connectivity index (χ2v) is 2.94. The molecule has 0 saturated carbocycles. The van der Waals surface area contributed by atoms with Crippen molar-refractivity contribution in [3.63, 3.8) is 0 Å². The molecule has 1 aliphatic heterocycles. The fourth-order valence-electron chi connectivity index (χ4n) is 1.46. The number of ether oxygens (including phenoxy) is 2. The van der Waals surface area contributed by atoms with Crippen molar-refractivity contribution in [2.45, 2.75) is 18.6 Å². The van der Waals surface area contributed by atoms with Crippen LogP contribution in [0.1, 0.15) is 6.42 Å². The van der Waals surface area contributed by atoms with Gasteiger partial charge in [0.1, 0.15) is 0 Å². The number of hydrogen-bond donors (Lipinski definition) is 2. The molecule has 12 heavy (non-hydrogen) atoms. The van der Waals surface area contributed by atoms with Gasteiger partial charge in [-0.2, -0.15) is 0 Å². The molecule has 1 rings (SSSR count). The predicted octanol–water partition coefficient (Wildman–Crippen LogP) is -0.628. The van der Waals surface area contributed by atoms with Gasteiger partial charge in [-0.3, -0.25) is 0 Å². The zero-order valence-corrected chi connectivity index (χ0v) is 7.45. The third-order valence-electron chi connectivity index (χ3n) is 2.05. The van der Waals surface area contributed by atoms with Crippen LogP contribution < -0.4 is 5.32 Å². The number of aliphatic hydroxyl groups is 1. The minimum atomic E-state index is 0.101. The second kappa shape index (κ2) is 5.48. The Labute approximate surface area is 72.9 Å². The Bertz CT molecular complexity index is 103. The minimum absolute atomic E-state index is 0.101. The van der Waals surface area contributed by atoms with Gasteiger partial charge in [0.2, 0.25) is 0 Å². The Morgan fingerprint density at radius 1 is 1.67 bits per heavy atom. The number of hydrogen-bond acceptors (Lipinski definition) is 4. The molecule has 0 aromatic rings. The van der Waals surface area contributed by atoms with E-state index in [1.165, 1.54) is 0 Å². The van der Waals surface area contributed by atoms with Gasteiger partial charge in [0.25, 0.3) is 0 Å². The first-order valence-corrected chi connectivity index (χ1v) is 4.33. The van der Waals surface area contributed by atoms with E-state index in [4.69, 9.17) is 14.6 Å². The first kappa shape index (κ1) is 9.92. The molecule has 0 spiro atoms. The van der Waals surface area contributed by atoms with Crippen molar-refractivity contribution in [2.75, 3.05) is 33.5 Å². The summed E-state index contributed by atoms with van der Waals surface area (Å²) in [7, 11) is 1.67. The third kappa shape index (κ3) is 2.71. The van der Waals surface area contributed by atoms with E-state index < -0.39 is 0 Å². The van der Waals surface area contributed by atoms with Crippen molar-refractivity contribution in [3.05, 3.63) is 0 Å². The standard InChI is InChI=1S/C8H17NO3/c1-11-6-7-8(2-4-10)12-5-3-9-7/h7-10H,2-6H2,1H3/t7-,8?/m1/s1. The average molecular weight is 175 g/mol. The van der Waals surface area contributed by atoms with Crippen LogP contribution >= 0.6 is 0 Å². The summed E-state index contributed by atoms with van der Waals surface area (Å²) in [5, 5.41) is 12.0. The van der Waals surface area contributed by atoms with E-state index in [0.29, 0.717) is 13.0 Å². The first-order chi connectivity index (χ1) is 5.88. The van der Waals surface area contributed by atoms with Crippen LogP contribution in [0.3, 0.4) is 0 Å². The van der Waals surface area contributed by atoms with Crippen molar-refractivity contribution in [3.8, 4) is 0 Å². The van der Waals surface area contributed by atoms with Gasteiger partial charge in [0.05, 0.1) is 25.4 Å². The maximum Gasteiger partial charge on any atom is 0.0773 e. The summed E-state index contributed by atoms with van der Waals surface area (Å²) in [6, 6.07) is 0.232. The Morgan fingerprint density at radius 3 is 3.17 bits per heavy atom. The molecule has 1 saturated heterocycles. The van der Waals surface area contributed by atoms with Crippen LogP contribution in [0.2, 0.25) is 0 Å². The maximum absolute atomic E-state index is 8.76. The summed E-state index contributed by atoms with van der Waals surface area (Å²) in [6.45, 7) is 2.41. The number of nitrogens with one attached hydrogen (secondary N) is 1. The summed E-state index contributed by atoms with van der Waals surface area (Å²) >= 11 is 0. The molecule has 1 aliphatic rings. The van der Waals surface area contributed by atoms with Crippen molar-refractivity contribution in [1.29, 1.82) is 0 Å². The molecule has 2 N–H and O–H groups in total. The average Bonchev–Trinajstić information content (AvgIpc) is 2.09. The second-order valence-electron chi connectivity index (χ2n) is 2.94. The molecule has 0 aromatic carbocycles. The van der Waals surface area contributed by atoms with Gasteiger partial charge in [0, 0.05) is 20.3 Å². The maximum atomic E-state index is 8.76. The van der Waals surface area contributed by atoms with Gasteiger partial charge >= 0.3 is 0 Å². The van der Waals surface area contributed by atoms with Gasteiger partial charge in [-0.1, -0.05) is 0 Å². The quantitative estimate of drug-likeness (QED) is 0.597. The summed E-state index contributed by atoms with van der Waals surface area (Å²) in [4.78, 5) is 0. The van der Waals surface area contributed by atoms with E-state index in [1.807, 2.05) is 0 Å². The van der Waals surface area contributed by atoms with Gasteiger partial charge in [0.15, 0.2) is 0 Å². The van der Waals surface area contributed by atoms with E-state index in [-0.39, 0.29) is 18.8 Å². The number of aliphatic hydroxyl groups excluding tert-OH is 1. The van der Waals surface area contributed by atoms with Crippen LogP contribution in [0.5, 0.6) is 0 Å². The van der Waals surface area contributed by atoms with Crippen molar-refractivity contribution >= 4 is 0 Å². The lowest BCUT2D eigenvalue weighted by Crippen LogP contribution is -2.51. The Balaban J connectivity index is 2.31. The van der Waals surface area contributed by atoms with E-state index >= 15 is 0 Å². The van der Waals surface area contributed by atoms with Crippen molar-refractivity contribution in [1.82, 2.24) is 5.32 Å². The van der Waals surface area contributed by atoms with Crippen LogP contribution in [0.4, 0.5) is 0 Å². The number of methoxy groups -OCH3 is 1. The molecule has 2 atom stereocenters. The molecule has 1 unspecified atom stereocenters. The first-order valence-electron chi connectivity index (χ1n) is 4.33. The van der Waals surface area contributed by atoms with Crippen LogP contribution in [0.15, 0.2) is 0 Å². The smallest absolute Gasteiger partial charge is 0.0773 e. The predicted molar refractivity (Wildman–Crippen MR) is 45.1 cm³/mol. The van der Waals surface area contributed by atoms with Crippen molar-refractivity contribution in [2.24, 2.45) is 0 Å². The summed E-state index contributed by atoms with van der Waals surface area (Å²) in [5.41, 5.74) is 0. The fourth-order valence-corrected chi connectivity index (χ4v) is 1.46. The highest BCUT2D eigenvalue weighted by Crippen LogP contribution is 2.08. The number of morpholine rings is 1. The molecular formula is C8H17NO3. The Kier molecular flexibility index (Phi) is 4.53. The zero-order valence-electron chi connectivity index (χ0n) is 7.45. The monoisotopic (exact) mass is 175 g/mol. The van der Waals surface area contributed by atoms with Crippen LogP contribution in [-0.4, -0.2) is 50.7 Å². The van der Waals surface area contributed by atoms with Crippen molar-refractivity contribution < 1.29 is 14.6 Å². The lowest BCUT2D eigenvalue weighted by atomic mass is 10.1. The third-order valence-corrected chi connectivity index (χ3v) is 2.05. The largest absolute Gasteiger partial charge is 0.396 e. The molecule has 0 radical (unpaired) electrons. The molecule has 0 amide bonds. The van der Waals surface area contributed by atoms with E-state index in [1.54, 1.807) is 7.11 Å². The van der Waals surface area contributed by atoms with E-state index in [9.17, 15) is 0 Å². The Hall–Kier alpha value is -0.160. The molecule has 1 fully saturated rings. The highest BCUT2D eigenvalue weighted by Gasteiger charge is 2.24. The SMILES string of the molecule is COC[C@H]1NCCOC1CCO. The van der Waals surface area contributed by atoms with Gasteiger partial charge in [-0.15, -0.1) is 0 Å². The molecule has 4 nitrogen and oxygen atoms in total. The lowest BCUT2D eigenvalue weighted by Gasteiger charge is -2.31. The van der Waals surface area contributed by atoms with Gasteiger partial charge < -0.3 is 19.9 Å². The van der Waals surface area contributed by atoms with Crippen LogP contribution in [0.25, 0.3) is 0 Å². The lowest BCUT2D eigenvalue weighted by molar-refractivity contribution is -0.0359. The molecular weight excluding hydrogens is 158 g/mol. The summed E-state index contributed by atoms with van der Waals surface area (Å²) in [5.74, 6) is 0. The van der Waals surface area contributed by atoms with E-state index in [0.717, 1.165) is 13.2 Å². The molecule has 0 bridgehead atoms. The zero-order chi connectivity index (χ0) is 8.81. The molecule has 4 heteroatoms. The summed E-state index contributed by atoms with van der Waals surface area (Å²) in [6.07, 6.45) is 0.782. The van der Waals surface area contributed by atoms with Gasteiger partial charge in [-0.25, -0.2) is 0 Å². The minimum Gasteiger partial charge on any atom is -0.396 e. The summed E-state index contributed by atoms with van der Waals surface area (Å²) < 4.78 is 10.5. The van der Waals surface area contributed by atoms with Gasteiger partial charge in [-0.05, 0) is 6.42 Å². The highest BCUT2D eigenvalue weighted by molar-refractivity contribution is 4.80. The normalized spacial score (nSPS) is 30.5. The fraction of sp³-hybridized carbons (Fsp3) is 1.00. The molecule has 0 aliphatic carbocycles. The topological polar surface area (TPSA) is 50.7 Å². The van der Waals surface area contributed by atoms with Crippen LogP contribution in [-0.2, 0) is 9.47 Å². The molecule has 72 valence electrons. The molecule has 0 aromatic heterocycles. The van der Waals surface area contributed by atoms with Crippen LogP contribution in [0, 0.1) is 0 Å². The number of rotatable bonds is 4. The highest BCUT2D eigenvalue weighted by atomic mass is 16.5. The molecule has 1 heterocycles.